The fraction of sp³-hybridized carbons (Fsp3) is 0.273. The number of aromatic hydroxyl groups is 1. The van der Waals surface area contributed by atoms with Gasteiger partial charge in [0.1, 0.15) is 11.4 Å². The molecule has 4 aromatic rings. The van der Waals surface area contributed by atoms with Crippen LogP contribution < -0.4 is 26.4 Å². The van der Waals surface area contributed by atoms with Crippen LogP contribution in [0.15, 0.2) is 83.2 Å². The van der Waals surface area contributed by atoms with E-state index in [9.17, 15) is 29.1 Å². The van der Waals surface area contributed by atoms with E-state index in [1.807, 2.05) is 22.6 Å². The number of carbonyl (C=O) groups is 2. The maximum absolute atomic E-state index is 14.0. The highest BCUT2D eigenvalue weighted by molar-refractivity contribution is 14.1. The number of Topliss-reactive ketones (excluding diaryl/α,β-unsaturated/α-hetero) is 1. The maximum atomic E-state index is 14.0. The third-order valence-electron chi connectivity index (χ3n) is 9.15. The molecule has 1 N–H and O–H groups in total. The van der Waals surface area contributed by atoms with Crippen LogP contribution in [0.25, 0.3) is 11.0 Å². The number of para-hydroxylation sites is 1. The number of phenols is 1. The summed E-state index contributed by atoms with van der Waals surface area (Å²) in [5.74, 6) is -0.615. The van der Waals surface area contributed by atoms with Gasteiger partial charge >= 0.3 is 11.4 Å². The number of carbonyl (C=O) groups excluding carboxylic acids is 2. The van der Waals surface area contributed by atoms with Crippen LogP contribution >= 0.6 is 22.6 Å². The minimum atomic E-state index is -0.792. The van der Waals surface area contributed by atoms with Crippen molar-refractivity contribution in [1.29, 1.82) is 0 Å². The SMILES string of the molecule is COc1cc2nc(CCn3c(=O)n4n(c3=O)[C@@H]3CC5=C(C(=O)C(I)=CC5=O)[C@@H](c5ccccc5O)C3=CC4)c(=O)n(C)c2cc1OC. The number of hydrogen-bond acceptors (Lipinski definition) is 9. The van der Waals surface area contributed by atoms with Crippen LogP contribution in [0.2, 0.25) is 0 Å². The molecule has 14 heteroatoms. The van der Waals surface area contributed by atoms with E-state index in [1.165, 1.54) is 40.3 Å². The zero-order valence-electron chi connectivity index (χ0n) is 25.5. The molecule has 47 heavy (non-hydrogen) atoms. The second-order valence-electron chi connectivity index (χ2n) is 11.5. The number of halogens is 1. The van der Waals surface area contributed by atoms with Crippen molar-refractivity contribution >= 4 is 45.2 Å². The third kappa shape index (κ3) is 4.64. The number of ketones is 2. The first kappa shape index (κ1) is 30.7. The average molecular weight is 750 g/mol. The zero-order chi connectivity index (χ0) is 33.3. The normalized spacial score (nSPS) is 18.8. The second kappa shape index (κ2) is 11.4. The van der Waals surface area contributed by atoms with Crippen molar-refractivity contribution in [2.24, 2.45) is 7.05 Å². The number of ether oxygens (including phenoxy) is 2. The molecule has 0 saturated carbocycles. The molecule has 0 bridgehead atoms. The summed E-state index contributed by atoms with van der Waals surface area (Å²) in [5.41, 5.74) is 1.19. The van der Waals surface area contributed by atoms with E-state index < -0.39 is 23.3 Å². The number of benzene rings is 2. The molecular weight excluding hydrogens is 721 g/mol. The van der Waals surface area contributed by atoms with E-state index in [4.69, 9.17) is 9.47 Å². The minimum Gasteiger partial charge on any atom is -0.508 e. The van der Waals surface area contributed by atoms with Crippen LogP contribution in [0.4, 0.5) is 0 Å². The Morgan fingerprint density at radius 1 is 1.02 bits per heavy atom. The van der Waals surface area contributed by atoms with E-state index in [0.717, 1.165) is 4.57 Å². The standard InChI is InChI=1S/C33H28IN5O8/c1-36-23-15-27(47-3)26(46-2)14-21(23)35-20(31(36)43)9-10-37-32(44)38-11-8-16-22(39(38)33(37)45)12-18-25(41)13-19(34)30(42)29(18)28(16)17-6-4-5-7-24(17)40/h4-8,13-15,22,28,40H,9-12H2,1-3H3/t22-,28-/m1/s1. The van der Waals surface area contributed by atoms with Gasteiger partial charge in [0.15, 0.2) is 23.1 Å². The molecule has 7 rings (SSSR count). The number of allylic oxidation sites excluding steroid dienone is 6. The summed E-state index contributed by atoms with van der Waals surface area (Å²) in [4.78, 5) is 72.3. The number of nitrogens with zero attached hydrogens (tertiary/aromatic N) is 5. The maximum Gasteiger partial charge on any atom is 0.347 e. The molecule has 3 heterocycles. The van der Waals surface area contributed by atoms with Crippen LogP contribution in [0.1, 0.15) is 29.6 Å². The quantitative estimate of drug-likeness (QED) is 0.178. The highest BCUT2D eigenvalue weighted by atomic mass is 127. The fourth-order valence-corrected chi connectivity index (χ4v) is 7.46. The monoisotopic (exact) mass is 749 g/mol. The number of hydrogen-bond donors (Lipinski definition) is 1. The Hall–Kier alpha value is -4.99. The summed E-state index contributed by atoms with van der Waals surface area (Å²) in [6.07, 6.45) is 3.09. The molecule has 2 atom stereocenters. The molecule has 0 unspecified atom stereocenters. The molecule has 13 nitrogen and oxygen atoms in total. The van der Waals surface area contributed by atoms with Crippen LogP contribution in [-0.4, -0.2) is 54.4 Å². The summed E-state index contributed by atoms with van der Waals surface area (Å²) < 4.78 is 16.1. The van der Waals surface area contributed by atoms with Crippen LogP contribution in [0, 0.1) is 0 Å². The molecule has 0 saturated heterocycles. The molecular formula is C33H28IN5O8. The van der Waals surface area contributed by atoms with E-state index in [2.05, 4.69) is 4.98 Å². The fourth-order valence-electron chi connectivity index (χ4n) is 6.88. The first-order valence-corrected chi connectivity index (χ1v) is 15.8. The van der Waals surface area contributed by atoms with Gasteiger partial charge in [-0.15, -0.1) is 0 Å². The van der Waals surface area contributed by atoms with Gasteiger partial charge in [-0.1, -0.05) is 24.3 Å². The van der Waals surface area contributed by atoms with E-state index in [-0.39, 0.29) is 69.2 Å². The van der Waals surface area contributed by atoms with Gasteiger partial charge in [0.25, 0.3) is 5.56 Å². The number of methoxy groups -OCH3 is 2. The molecule has 0 fully saturated rings. The molecule has 0 spiro atoms. The summed E-state index contributed by atoms with van der Waals surface area (Å²) in [7, 11) is 4.60. The minimum absolute atomic E-state index is 0.00684. The van der Waals surface area contributed by atoms with E-state index in [1.54, 1.807) is 43.5 Å². The largest absolute Gasteiger partial charge is 0.508 e. The molecule has 3 aliphatic rings. The summed E-state index contributed by atoms with van der Waals surface area (Å²) in [6.45, 7) is -0.0880. The Morgan fingerprint density at radius 2 is 1.74 bits per heavy atom. The van der Waals surface area contributed by atoms with Crippen molar-refractivity contribution in [2.75, 3.05) is 14.2 Å². The lowest BCUT2D eigenvalue weighted by Gasteiger charge is -2.39. The van der Waals surface area contributed by atoms with Gasteiger partial charge in [-0.25, -0.2) is 28.5 Å². The Morgan fingerprint density at radius 3 is 2.47 bits per heavy atom. The number of phenolic OH excluding ortho intramolecular Hbond substituents is 1. The van der Waals surface area contributed by atoms with Gasteiger partial charge < -0.3 is 19.1 Å². The Labute approximate surface area is 279 Å². The second-order valence-corrected chi connectivity index (χ2v) is 12.7. The molecule has 0 radical (unpaired) electrons. The number of aromatic nitrogens is 5. The Kier molecular flexibility index (Phi) is 7.41. The highest BCUT2D eigenvalue weighted by Gasteiger charge is 2.45. The van der Waals surface area contributed by atoms with Crippen LogP contribution in [-0.2, 0) is 36.1 Å². The molecule has 240 valence electrons. The summed E-state index contributed by atoms with van der Waals surface area (Å²) in [6, 6.07) is 9.14. The van der Waals surface area contributed by atoms with Crippen LogP contribution in [0.5, 0.6) is 17.2 Å². The summed E-state index contributed by atoms with van der Waals surface area (Å²) >= 11 is 1.85. The predicted octanol–water partition coefficient (Wildman–Crippen LogP) is 2.46. The lowest BCUT2D eigenvalue weighted by molar-refractivity contribution is -0.115. The van der Waals surface area contributed by atoms with Crippen molar-refractivity contribution in [1.82, 2.24) is 23.5 Å². The molecule has 2 aliphatic carbocycles. The van der Waals surface area contributed by atoms with Crippen molar-refractivity contribution in [3.8, 4) is 17.2 Å². The van der Waals surface area contributed by atoms with Gasteiger partial charge in [0.2, 0.25) is 0 Å². The first-order valence-electron chi connectivity index (χ1n) is 14.8. The lowest BCUT2D eigenvalue weighted by atomic mass is 9.68. The lowest BCUT2D eigenvalue weighted by Crippen LogP contribution is -2.40. The van der Waals surface area contributed by atoms with Crippen molar-refractivity contribution in [3.63, 3.8) is 0 Å². The molecule has 0 amide bonds. The average Bonchev–Trinajstić information content (AvgIpc) is 3.31. The van der Waals surface area contributed by atoms with Gasteiger partial charge in [-0.2, -0.15) is 0 Å². The van der Waals surface area contributed by atoms with Gasteiger partial charge in [-0.3, -0.25) is 14.4 Å². The molecule has 1 aliphatic heterocycles. The number of fused-ring (bicyclic) bond motifs is 4. The molecule has 2 aromatic heterocycles. The Bertz CT molecular complexity index is 2340. The van der Waals surface area contributed by atoms with Crippen LogP contribution in [0.3, 0.4) is 0 Å². The predicted molar refractivity (Wildman–Crippen MR) is 178 cm³/mol. The van der Waals surface area contributed by atoms with Crippen molar-refractivity contribution in [2.45, 2.75) is 37.9 Å². The number of aryl methyl sites for hydroxylation is 2. The third-order valence-corrected chi connectivity index (χ3v) is 9.95. The Balaban J connectivity index is 1.29. The first-order chi connectivity index (χ1) is 22.5. The highest BCUT2D eigenvalue weighted by Crippen LogP contribution is 2.51. The van der Waals surface area contributed by atoms with Gasteiger partial charge in [0, 0.05) is 67.3 Å². The smallest absolute Gasteiger partial charge is 0.347 e. The summed E-state index contributed by atoms with van der Waals surface area (Å²) in [5, 5.41) is 10.9. The van der Waals surface area contributed by atoms with Crippen molar-refractivity contribution < 1.29 is 24.2 Å². The van der Waals surface area contributed by atoms with E-state index >= 15 is 0 Å². The van der Waals surface area contributed by atoms with E-state index in [0.29, 0.717) is 33.7 Å². The number of rotatable bonds is 6. The van der Waals surface area contributed by atoms with Crippen molar-refractivity contribution in [3.05, 3.63) is 111 Å². The molecule has 2 aromatic carbocycles. The zero-order valence-corrected chi connectivity index (χ0v) is 27.7. The topological polar surface area (TPSA) is 157 Å². The van der Waals surface area contributed by atoms with Gasteiger partial charge in [-0.05, 0) is 34.2 Å². The van der Waals surface area contributed by atoms with Gasteiger partial charge in [0.05, 0.1) is 41.4 Å².